The molecular formula is C22H34N4O3. The second-order valence-electron chi connectivity index (χ2n) is 6.69. The van der Waals surface area contributed by atoms with Gasteiger partial charge < -0.3 is 24.8 Å². The van der Waals surface area contributed by atoms with Crippen molar-refractivity contribution in [3.63, 3.8) is 0 Å². The molecule has 1 aromatic carbocycles. The van der Waals surface area contributed by atoms with Crippen molar-refractivity contribution in [3.8, 4) is 17.2 Å². The molecule has 0 atom stereocenters. The SMILES string of the molecule is CNCCc1ccccn1.COc1ccc(CN2CCNCC2)c(OC)c1OC. The van der Waals surface area contributed by atoms with Crippen LogP contribution in [0, 0.1) is 0 Å². The number of benzene rings is 1. The monoisotopic (exact) mass is 402 g/mol. The normalized spacial score (nSPS) is 13.9. The van der Waals surface area contributed by atoms with Gasteiger partial charge in [-0.2, -0.15) is 0 Å². The number of ether oxygens (including phenoxy) is 3. The predicted octanol–water partition coefficient (Wildman–Crippen LogP) is 1.96. The molecule has 0 radical (unpaired) electrons. The van der Waals surface area contributed by atoms with Crippen LogP contribution >= 0.6 is 0 Å². The fourth-order valence-electron chi connectivity index (χ4n) is 3.20. The van der Waals surface area contributed by atoms with Crippen molar-refractivity contribution in [3.05, 3.63) is 47.8 Å². The molecule has 0 saturated carbocycles. The number of nitrogens with zero attached hydrogens (tertiary/aromatic N) is 2. The number of hydrogen-bond donors (Lipinski definition) is 2. The summed E-state index contributed by atoms with van der Waals surface area (Å²) in [4.78, 5) is 6.58. The van der Waals surface area contributed by atoms with Crippen LogP contribution in [0.15, 0.2) is 36.5 Å². The zero-order valence-electron chi connectivity index (χ0n) is 18.0. The number of methoxy groups -OCH3 is 3. The Morgan fingerprint density at radius 3 is 2.34 bits per heavy atom. The molecule has 0 aliphatic carbocycles. The summed E-state index contributed by atoms with van der Waals surface area (Å²) in [6.07, 6.45) is 2.84. The lowest BCUT2D eigenvalue weighted by atomic mass is 10.1. The Balaban J connectivity index is 0.000000253. The Morgan fingerprint density at radius 1 is 1.00 bits per heavy atom. The van der Waals surface area contributed by atoms with Gasteiger partial charge in [-0.1, -0.05) is 12.1 Å². The third-order valence-corrected chi connectivity index (χ3v) is 4.75. The maximum atomic E-state index is 5.50. The first-order chi connectivity index (χ1) is 14.2. The van der Waals surface area contributed by atoms with Crippen LogP contribution in [0.1, 0.15) is 11.3 Å². The quantitative estimate of drug-likeness (QED) is 0.700. The van der Waals surface area contributed by atoms with Crippen molar-refractivity contribution in [1.82, 2.24) is 20.5 Å². The molecule has 7 heteroatoms. The Kier molecular flexibility index (Phi) is 10.3. The number of piperazine rings is 1. The van der Waals surface area contributed by atoms with Gasteiger partial charge in [-0.25, -0.2) is 0 Å². The average Bonchev–Trinajstić information content (AvgIpc) is 2.79. The molecule has 2 heterocycles. The van der Waals surface area contributed by atoms with Crippen LogP contribution in [0.4, 0.5) is 0 Å². The van der Waals surface area contributed by atoms with Crippen LogP contribution in [0.2, 0.25) is 0 Å². The van der Waals surface area contributed by atoms with E-state index in [1.165, 1.54) is 0 Å². The lowest BCUT2D eigenvalue weighted by Gasteiger charge is -2.28. The van der Waals surface area contributed by atoms with Crippen LogP contribution in [0.5, 0.6) is 17.2 Å². The molecule has 3 rings (SSSR count). The van der Waals surface area contributed by atoms with Crippen molar-refractivity contribution in [2.45, 2.75) is 13.0 Å². The smallest absolute Gasteiger partial charge is 0.203 e. The minimum atomic E-state index is 0.664. The van der Waals surface area contributed by atoms with Gasteiger partial charge in [-0.3, -0.25) is 9.88 Å². The second-order valence-corrected chi connectivity index (χ2v) is 6.69. The van der Waals surface area contributed by atoms with Gasteiger partial charge in [0.25, 0.3) is 0 Å². The van der Waals surface area contributed by atoms with E-state index in [9.17, 15) is 0 Å². The summed E-state index contributed by atoms with van der Waals surface area (Å²) in [7, 11) is 6.88. The molecule has 2 aromatic rings. The van der Waals surface area contributed by atoms with E-state index in [1.807, 2.05) is 43.6 Å². The first kappa shape index (κ1) is 22.9. The summed E-state index contributed by atoms with van der Waals surface area (Å²) in [6, 6.07) is 9.96. The fraction of sp³-hybridized carbons (Fsp3) is 0.500. The van der Waals surface area contributed by atoms with E-state index in [0.717, 1.165) is 62.7 Å². The molecule has 2 N–H and O–H groups in total. The van der Waals surface area contributed by atoms with Crippen LogP contribution in [0.25, 0.3) is 0 Å². The molecule has 1 fully saturated rings. The topological polar surface area (TPSA) is 67.9 Å². The molecule has 160 valence electrons. The molecule has 0 amide bonds. The molecule has 7 nitrogen and oxygen atoms in total. The van der Waals surface area contributed by atoms with Gasteiger partial charge in [-0.05, 0) is 25.2 Å². The Bertz CT molecular complexity index is 707. The fourth-order valence-corrected chi connectivity index (χ4v) is 3.20. The summed E-state index contributed by atoms with van der Waals surface area (Å²) < 4.78 is 16.2. The van der Waals surface area contributed by atoms with Crippen LogP contribution < -0.4 is 24.8 Å². The first-order valence-corrected chi connectivity index (χ1v) is 9.98. The third kappa shape index (κ3) is 7.20. The molecule has 1 saturated heterocycles. The van der Waals surface area contributed by atoms with Gasteiger partial charge in [0.05, 0.1) is 21.3 Å². The highest BCUT2D eigenvalue weighted by Crippen LogP contribution is 2.40. The van der Waals surface area contributed by atoms with Gasteiger partial charge >= 0.3 is 0 Å². The van der Waals surface area contributed by atoms with Crippen molar-refractivity contribution >= 4 is 0 Å². The molecule has 0 bridgehead atoms. The summed E-state index contributed by atoms with van der Waals surface area (Å²) >= 11 is 0. The zero-order valence-corrected chi connectivity index (χ0v) is 18.0. The van der Waals surface area contributed by atoms with Gasteiger partial charge in [0.2, 0.25) is 5.75 Å². The Hall–Kier alpha value is -2.35. The number of rotatable bonds is 8. The summed E-state index contributed by atoms with van der Waals surface area (Å²) in [5.74, 6) is 2.13. The third-order valence-electron chi connectivity index (χ3n) is 4.75. The number of aromatic nitrogens is 1. The van der Waals surface area contributed by atoms with Crippen LogP contribution in [-0.4, -0.2) is 71.0 Å². The maximum absolute atomic E-state index is 5.50. The summed E-state index contributed by atoms with van der Waals surface area (Å²) in [6.45, 7) is 6.04. The van der Waals surface area contributed by atoms with E-state index in [-0.39, 0.29) is 0 Å². The average molecular weight is 403 g/mol. The number of pyridine rings is 1. The van der Waals surface area contributed by atoms with Gasteiger partial charge in [0, 0.05) is 63.1 Å². The molecule has 1 aliphatic rings. The maximum Gasteiger partial charge on any atom is 0.203 e. The highest BCUT2D eigenvalue weighted by atomic mass is 16.5. The van der Waals surface area contributed by atoms with Crippen molar-refractivity contribution < 1.29 is 14.2 Å². The summed E-state index contributed by atoms with van der Waals surface area (Å²) in [5.41, 5.74) is 2.28. The Labute approximate surface area is 174 Å². The lowest BCUT2D eigenvalue weighted by Crippen LogP contribution is -2.42. The largest absolute Gasteiger partial charge is 0.493 e. The minimum absolute atomic E-state index is 0.664. The highest BCUT2D eigenvalue weighted by molar-refractivity contribution is 5.55. The van der Waals surface area contributed by atoms with E-state index in [2.05, 4.69) is 20.5 Å². The second kappa shape index (κ2) is 13.0. The standard InChI is InChI=1S/C14H22N2O3.C8H12N2/c1-17-12-5-4-11(13(18-2)14(12)19-3)10-16-8-6-15-7-9-16;1-9-7-5-8-4-2-3-6-10-8/h4-5,15H,6-10H2,1-3H3;2-4,6,9H,5,7H2,1H3. The number of likely N-dealkylation sites (N-methyl/N-ethyl adjacent to an activating group) is 1. The van der Waals surface area contributed by atoms with E-state index in [1.54, 1.807) is 21.3 Å². The first-order valence-electron chi connectivity index (χ1n) is 9.98. The van der Waals surface area contributed by atoms with Gasteiger partial charge in [0.1, 0.15) is 0 Å². The van der Waals surface area contributed by atoms with Gasteiger partial charge in [-0.15, -0.1) is 0 Å². The van der Waals surface area contributed by atoms with E-state index >= 15 is 0 Å². The summed E-state index contributed by atoms with van der Waals surface area (Å²) in [5, 5.41) is 6.43. The van der Waals surface area contributed by atoms with Crippen molar-refractivity contribution in [2.24, 2.45) is 0 Å². The van der Waals surface area contributed by atoms with Crippen molar-refractivity contribution in [2.75, 3.05) is 61.1 Å². The number of nitrogens with one attached hydrogen (secondary N) is 2. The molecule has 1 aromatic heterocycles. The van der Waals surface area contributed by atoms with Gasteiger partial charge in [0.15, 0.2) is 11.5 Å². The predicted molar refractivity (Wildman–Crippen MR) is 116 cm³/mol. The highest BCUT2D eigenvalue weighted by Gasteiger charge is 2.18. The van der Waals surface area contributed by atoms with Crippen LogP contribution in [-0.2, 0) is 13.0 Å². The molecule has 0 spiro atoms. The molecular weight excluding hydrogens is 368 g/mol. The number of hydrogen-bond acceptors (Lipinski definition) is 7. The lowest BCUT2D eigenvalue weighted by molar-refractivity contribution is 0.228. The van der Waals surface area contributed by atoms with E-state index in [0.29, 0.717) is 11.5 Å². The Morgan fingerprint density at radius 2 is 1.76 bits per heavy atom. The van der Waals surface area contributed by atoms with Crippen molar-refractivity contribution in [1.29, 1.82) is 0 Å². The van der Waals surface area contributed by atoms with E-state index in [4.69, 9.17) is 14.2 Å². The molecule has 1 aliphatic heterocycles. The zero-order chi connectivity index (χ0) is 20.9. The van der Waals surface area contributed by atoms with Crippen LogP contribution in [0.3, 0.4) is 0 Å². The molecule has 0 unspecified atom stereocenters. The molecule has 29 heavy (non-hydrogen) atoms. The minimum Gasteiger partial charge on any atom is -0.493 e. The van der Waals surface area contributed by atoms with E-state index < -0.39 is 0 Å².